The first-order valence-corrected chi connectivity index (χ1v) is 8.69. The van der Waals surface area contributed by atoms with Crippen molar-refractivity contribution in [1.29, 1.82) is 0 Å². The van der Waals surface area contributed by atoms with Gasteiger partial charge in [-0.1, -0.05) is 0 Å². The van der Waals surface area contributed by atoms with Gasteiger partial charge in [0.25, 0.3) is 11.5 Å². The van der Waals surface area contributed by atoms with Crippen LogP contribution in [-0.4, -0.2) is 26.9 Å². The molecule has 6 nitrogen and oxygen atoms in total. The first kappa shape index (κ1) is 15.1. The second kappa shape index (κ2) is 5.31. The molecule has 1 aliphatic heterocycles. The quantitative estimate of drug-likeness (QED) is 0.681. The third kappa shape index (κ3) is 2.04. The van der Waals surface area contributed by atoms with Crippen LogP contribution in [0.5, 0.6) is 0 Å². The molecule has 1 aliphatic rings. The molecule has 0 fully saturated rings. The number of amides is 1. The molecule has 0 spiro atoms. The Morgan fingerprint density at radius 3 is 3.04 bits per heavy atom. The molecule has 4 rings (SSSR count). The van der Waals surface area contributed by atoms with E-state index in [-0.39, 0.29) is 28.6 Å². The number of hydrogen-bond donors (Lipinski definition) is 0. The molecular formula is C17H17N3O3S. The van der Waals surface area contributed by atoms with Gasteiger partial charge in [-0.3, -0.25) is 9.59 Å². The molecule has 1 atom stereocenters. The Labute approximate surface area is 142 Å². The van der Waals surface area contributed by atoms with E-state index < -0.39 is 0 Å². The van der Waals surface area contributed by atoms with Crippen LogP contribution in [0.15, 0.2) is 27.0 Å². The lowest BCUT2D eigenvalue weighted by molar-refractivity contribution is 0.0679. The summed E-state index contributed by atoms with van der Waals surface area (Å²) in [6.07, 6.45) is 2.25. The lowest BCUT2D eigenvalue weighted by atomic mass is 10.00. The number of furan rings is 1. The van der Waals surface area contributed by atoms with Crippen LogP contribution in [0.3, 0.4) is 0 Å². The Hall–Kier alpha value is -2.41. The zero-order chi connectivity index (χ0) is 17.0. The summed E-state index contributed by atoms with van der Waals surface area (Å²) >= 11 is 1.73. The first-order valence-electron chi connectivity index (χ1n) is 7.81. The van der Waals surface area contributed by atoms with Crippen LogP contribution in [0.25, 0.3) is 11.1 Å². The first-order chi connectivity index (χ1) is 11.5. The van der Waals surface area contributed by atoms with Gasteiger partial charge in [-0.05, 0) is 37.3 Å². The van der Waals surface area contributed by atoms with Crippen molar-refractivity contribution in [2.24, 2.45) is 7.05 Å². The zero-order valence-electron chi connectivity index (χ0n) is 13.7. The molecule has 3 aromatic rings. The summed E-state index contributed by atoms with van der Waals surface area (Å²) in [5.74, 6) is 0.273. The molecule has 7 heteroatoms. The number of fused-ring (bicyclic) bond motifs is 2. The Morgan fingerprint density at radius 1 is 1.46 bits per heavy atom. The van der Waals surface area contributed by atoms with Crippen molar-refractivity contribution in [1.82, 2.24) is 14.5 Å². The summed E-state index contributed by atoms with van der Waals surface area (Å²) in [7, 11) is 1.62. The van der Waals surface area contributed by atoms with Gasteiger partial charge < -0.3 is 13.9 Å². The number of carbonyl (C=O) groups is 1. The van der Waals surface area contributed by atoms with E-state index in [1.165, 1.54) is 21.3 Å². The molecular weight excluding hydrogens is 326 g/mol. The molecule has 0 saturated heterocycles. The molecule has 0 N–H and O–H groups in total. The molecule has 0 aliphatic carbocycles. The molecule has 3 aromatic heterocycles. The van der Waals surface area contributed by atoms with Crippen molar-refractivity contribution in [2.75, 3.05) is 6.54 Å². The number of carbonyl (C=O) groups excluding carboxylic acids is 1. The standard InChI is InChI=1S/C17H17N3O3S/c1-9-11-5-7-24-12(11)4-6-20(9)17(22)13-10(2)23-15-14(13)16(21)19(3)8-18-15/h5,7-9H,4,6H2,1-3H3. The largest absolute Gasteiger partial charge is 0.442 e. The van der Waals surface area contributed by atoms with Gasteiger partial charge in [0.2, 0.25) is 5.71 Å². The fourth-order valence-electron chi connectivity index (χ4n) is 3.38. The number of aromatic nitrogens is 2. The lowest BCUT2D eigenvalue weighted by Gasteiger charge is -2.33. The fourth-order valence-corrected chi connectivity index (χ4v) is 4.34. The number of nitrogens with zero attached hydrogens (tertiary/aromatic N) is 3. The third-order valence-corrected chi connectivity index (χ3v) is 5.70. The minimum atomic E-state index is -0.263. The predicted molar refractivity (Wildman–Crippen MR) is 91.5 cm³/mol. The van der Waals surface area contributed by atoms with Gasteiger partial charge in [0, 0.05) is 18.5 Å². The van der Waals surface area contributed by atoms with Gasteiger partial charge in [-0.15, -0.1) is 11.3 Å². The second-order valence-corrected chi connectivity index (χ2v) is 7.10. The van der Waals surface area contributed by atoms with E-state index >= 15 is 0 Å². The van der Waals surface area contributed by atoms with E-state index in [1.54, 1.807) is 25.3 Å². The van der Waals surface area contributed by atoms with Crippen LogP contribution in [0.2, 0.25) is 0 Å². The van der Waals surface area contributed by atoms with E-state index in [0.717, 1.165) is 6.42 Å². The van der Waals surface area contributed by atoms with Gasteiger partial charge >= 0.3 is 0 Å². The minimum absolute atomic E-state index is 0.0163. The summed E-state index contributed by atoms with van der Waals surface area (Å²) in [4.78, 5) is 33.0. The van der Waals surface area contributed by atoms with Crippen LogP contribution in [0.1, 0.15) is 39.5 Å². The maximum atomic E-state index is 13.2. The van der Waals surface area contributed by atoms with Crippen molar-refractivity contribution in [2.45, 2.75) is 26.3 Å². The Balaban J connectivity index is 1.84. The van der Waals surface area contributed by atoms with Gasteiger partial charge in [-0.2, -0.15) is 0 Å². The molecule has 0 saturated carbocycles. The van der Waals surface area contributed by atoms with Crippen molar-refractivity contribution in [3.05, 3.63) is 49.9 Å². The number of aryl methyl sites for hydroxylation is 2. The Bertz CT molecular complexity index is 1010. The number of rotatable bonds is 1. The highest BCUT2D eigenvalue weighted by Gasteiger charge is 2.32. The highest BCUT2D eigenvalue weighted by atomic mass is 32.1. The van der Waals surface area contributed by atoms with E-state index in [9.17, 15) is 9.59 Å². The SMILES string of the molecule is Cc1oc2ncn(C)c(=O)c2c1C(=O)N1CCc2sccc2C1C. The average Bonchev–Trinajstić information content (AvgIpc) is 3.15. The summed E-state index contributed by atoms with van der Waals surface area (Å²) in [5.41, 5.74) is 1.49. The highest BCUT2D eigenvalue weighted by Crippen LogP contribution is 2.35. The van der Waals surface area contributed by atoms with E-state index in [4.69, 9.17) is 4.42 Å². The van der Waals surface area contributed by atoms with Crippen LogP contribution >= 0.6 is 11.3 Å². The maximum absolute atomic E-state index is 13.2. The predicted octanol–water partition coefficient (Wildman–Crippen LogP) is 2.66. The minimum Gasteiger partial charge on any atom is -0.442 e. The Morgan fingerprint density at radius 2 is 2.25 bits per heavy atom. The molecule has 24 heavy (non-hydrogen) atoms. The molecule has 124 valence electrons. The second-order valence-electron chi connectivity index (χ2n) is 6.10. The molecule has 0 aromatic carbocycles. The maximum Gasteiger partial charge on any atom is 0.265 e. The lowest BCUT2D eigenvalue weighted by Crippen LogP contribution is -2.38. The molecule has 0 radical (unpaired) electrons. The van der Waals surface area contributed by atoms with Gasteiger partial charge in [0.15, 0.2) is 0 Å². The number of hydrogen-bond acceptors (Lipinski definition) is 5. The topological polar surface area (TPSA) is 68.3 Å². The summed E-state index contributed by atoms with van der Waals surface area (Å²) in [6, 6.07) is 2.06. The van der Waals surface area contributed by atoms with Gasteiger partial charge in [0.1, 0.15) is 17.5 Å². The zero-order valence-corrected chi connectivity index (χ0v) is 14.5. The summed E-state index contributed by atoms with van der Waals surface area (Å²) in [6.45, 7) is 4.37. The van der Waals surface area contributed by atoms with E-state index in [0.29, 0.717) is 17.9 Å². The molecule has 0 bridgehead atoms. The van der Waals surface area contributed by atoms with Crippen molar-refractivity contribution < 1.29 is 9.21 Å². The van der Waals surface area contributed by atoms with Crippen molar-refractivity contribution >= 4 is 28.3 Å². The molecule has 1 unspecified atom stereocenters. The number of thiophene rings is 1. The van der Waals surface area contributed by atoms with Crippen LogP contribution in [0, 0.1) is 6.92 Å². The van der Waals surface area contributed by atoms with Crippen LogP contribution in [0.4, 0.5) is 0 Å². The van der Waals surface area contributed by atoms with Crippen molar-refractivity contribution in [3.63, 3.8) is 0 Å². The van der Waals surface area contributed by atoms with Gasteiger partial charge in [0.05, 0.1) is 11.6 Å². The summed E-state index contributed by atoms with van der Waals surface area (Å²) < 4.78 is 6.93. The monoisotopic (exact) mass is 343 g/mol. The van der Waals surface area contributed by atoms with Crippen molar-refractivity contribution in [3.8, 4) is 0 Å². The van der Waals surface area contributed by atoms with E-state index in [2.05, 4.69) is 16.4 Å². The smallest absolute Gasteiger partial charge is 0.265 e. The van der Waals surface area contributed by atoms with Crippen LogP contribution < -0.4 is 5.56 Å². The van der Waals surface area contributed by atoms with Crippen LogP contribution in [-0.2, 0) is 13.5 Å². The van der Waals surface area contributed by atoms with E-state index in [1.807, 2.05) is 11.8 Å². The fraction of sp³-hybridized carbons (Fsp3) is 0.353. The molecule has 4 heterocycles. The average molecular weight is 343 g/mol. The third-order valence-electron chi connectivity index (χ3n) is 4.70. The highest BCUT2D eigenvalue weighted by molar-refractivity contribution is 7.10. The Kier molecular flexibility index (Phi) is 3.35. The summed E-state index contributed by atoms with van der Waals surface area (Å²) in [5, 5.41) is 2.33. The molecule has 1 amide bonds. The van der Waals surface area contributed by atoms with Gasteiger partial charge in [-0.25, -0.2) is 4.98 Å². The normalized spacial score (nSPS) is 17.3.